The Labute approximate surface area is 129 Å². The molecular weight excluding hydrogens is 286 g/mol. The Morgan fingerprint density at radius 2 is 2.19 bits per heavy atom. The zero-order chi connectivity index (χ0) is 15.2. The maximum absolute atomic E-state index is 11.4. The van der Waals surface area contributed by atoms with E-state index in [0.29, 0.717) is 12.6 Å². The Morgan fingerprint density at radius 3 is 2.81 bits per heavy atom. The predicted molar refractivity (Wildman–Crippen MR) is 83.4 cm³/mol. The number of rotatable bonds is 7. The molecule has 0 radical (unpaired) electrons. The normalized spacial score (nSPS) is 12.6. The smallest absolute Gasteiger partial charge is 0.373 e. The molecule has 0 spiro atoms. The van der Waals surface area contributed by atoms with Gasteiger partial charge in [0, 0.05) is 17.5 Å². The highest BCUT2D eigenvalue weighted by atomic mass is 32.1. The fourth-order valence-corrected chi connectivity index (χ4v) is 2.83. The van der Waals surface area contributed by atoms with Gasteiger partial charge < -0.3 is 9.15 Å². The summed E-state index contributed by atoms with van der Waals surface area (Å²) in [5, 5.41) is 2.09. The molecule has 114 valence electrons. The number of esters is 1. The molecule has 2 aromatic heterocycles. The second-order valence-electron chi connectivity index (χ2n) is 5.00. The first-order valence-electron chi connectivity index (χ1n) is 7.07. The predicted octanol–water partition coefficient (Wildman–Crippen LogP) is 3.93. The lowest BCUT2D eigenvalue weighted by atomic mass is 10.2. The van der Waals surface area contributed by atoms with E-state index in [2.05, 4.69) is 41.0 Å². The lowest BCUT2D eigenvalue weighted by molar-refractivity contribution is 0.0560. The second kappa shape index (κ2) is 7.43. The number of nitrogens with zero attached hydrogens (tertiary/aromatic N) is 1. The zero-order valence-electron chi connectivity index (χ0n) is 12.7. The van der Waals surface area contributed by atoms with Crippen molar-refractivity contribution in [3.05, 3.63) is 46.0 Å². The summed E-state index contributed by atoms with van der Waals surface area (Å²) in [5.41, 5.74) is 0. The largest absolute Gasteiger partial charge is 0.463 e. The van der Waals surface area contributed by atoms with E-state index in [1.807, 2.05) is 6.07 Å². The molecular formula is C16H21NO3S. The Kier molecular flexibility index (Phi) is 5.59. The number of carbonyl (C=O) groups is 1. The van der Waals surface area contributed by atoms with Crippen LogP contribution in [-0.2, 0) is 17.8 Å². The molecule has 0 saturated carbocycles. The van der Waals surface area contributed by atoms with Crippen molar-refractivity contribution in [2.24, 2.45) is 0 Å². The molecule has 0 N–H and O–H groups in total. The molecule has 0 aliphatic carbocycles. The SMILES string of the molecule is CCC(C)N(Cc1ccc(C(=O)OC)o1)Cc1cccs1. The van der Waals surface area contributed by atoms with Gasteiger partial charge in [-0.15, -0.1) is 11.3 Å². The first-order chi connectivity index (χ1) is 10.1. The van der Waals surface area contributed by atoms with Crippen molar-refractivity contribution in [3.63, 3.8) is 0 Å². The van der Waals surface area contributed by atoms with Gasteiger partial charge in [-0.3, -0.25) is 4.90 Å². The molecule has 5 heteroatoms. The van der Waals surface area contributed by atoms with Crippen LogP contribution < -0.4 is 0 Å². The summed E-state index contributed by atoms with van der Waals surface area (Å²) in [6, 6.07) is 8.16. The molecule has 1 atom stereocenters. The maximum atomic E-state index is 11.4. The number of furan rings is 1. The lowest BCUT2D eigenvalue weighted by Crippen LogP contribution is -2.31. The third kappa shape index (κ3) is 4.19. The number of carbonyl (C=O) groups excluding carboxylic acids is 1. The molecule has 1 unspecified atom stereocenters. The van der Waals surface area contributed by atoms with Crippen LogP contribution in [-0.4, -0.2) is 24.0 Å². The molecule has 0 fully saturated rings. The van der Waals surface area contributed by atoms with Gasteiger partial charge in [0.1, 0.15) is 5.76 Å². The first kappa shape index (κ1) is 15.8. The van der Waals surface area contributed by atoms with Crippen molar-refractivity contribution in [3.8, 4) is 0 Å². The quantitative estimate of drug-likeness (QED) is 0.727. The summed E-state index contributed by atoms with van der Waals surface area (Å²) in [4.78, 5) is 15.1. The minimum Gasteiger partial charge on any atom is -0.463 e. The van der Waals surface area contributed by atoms with Gasteiger partial charge in [0.25, 0.3) is 0 Å². The third-order valence-corrected chi connectivity index (χ3v) is 4.42. The fourth-order valence-electron chi connectivity index (χ4n) is 2.10. The summed E-state index contributed by atoms with van der Waals surface area (Å²) in [7, 11) is 1.35. The molecule has 0 bridgehead atoms. The van der Waals surface area contributed by atoms with Crippen LogP contribution in [0.5, 0.6) is 0 Å². The van der Waals surface area contributed by atoms with Crippen molar-refractivity contribution in [1.29, 1.82) is 0 Å². The van der Waals surface area contributed by atoms with E-state index in [1.165, 1.54) is 12.0 Å². The van der Waals surface area contributed by atoms with Crippen LogP contribution in [0, 0.1) is 0 Å². The molecule has 4 nitrogen and oxygen atoms in total. The van der Waals surface area contributed by atoms with Crippen molar-refractivity contribution in [2.45, 2.75) is 39.4 Å². The highest BCUT2D eigenvalue weighted by Gasteiger charge is 2.17. The Balaban J connectivity index is 2.07. The van der Waals surface area contributed by atoms with Gasteiger partial charge in [-0.2, -0.15) is 0 Å². The van der Waals surface area contributed by atoms with E-state index < -0.39 is 5.97 Å². The van der Waals surface area contributed by atoms with Gasteiger partial charge in [0.15, 0.2) is 0 Å². The second-order valence-corrected chi connectivity index (χ2v) is 6.03. The molecule has 0 aliphatic rings. The minimum atomic E-state index is -0.436. The maximum Gasteiger partial charge on any atom is 0.373 e. The topological polar surface area (TPSA) is 42.7 Å². The van der Waals surface area contributed by atoms with E-state index in [9.17, 15) is 4.79 Å². The van der Waals surface area contributed by atoms with Gasteiger partial charge in [-0.05, 0) is 36.9 Å². The van der Waals surface area contributed by atoms with Crippen molar-refractivity contribution < 1.29 is 13.9 Å². The zero-order valence-corrected chi connectivity index (χ0v) is 13.5. The molecule has 2 rings (SSSR count). The highest BCUT2D eigenvalue weighted by molar-refractivity contribution is 7.09. The lowest BCUT2D eigenvalue weighted by Gasteiger charge is -2.26. The van der Waals surface area contributed by atoms with E-state index in [1.54, 1.807) is 17.4 Å². The van der Waals surface area contributed by atoms with Gasteiger partial charge >= 0.3 is 5.97 Å². The molecule has 0 amide bonds. The number of methoxy groups -OCH3 is 1. The Hall–Kier alpha value is -1.59. The third-order valence-electron chi connectivity index (χ3n) is 3.56. The van der Waals surface area contributed by atoms with Crippen LogP contribution in [0.4, 0.5) is 0 Å². The summed E-state index contributed by atoms with van der Waals surface area (Å²) in [6.07, 6.45) is 1.07. The molecule has 0 aliphatic heterocycles. The van der Waals surface area contributed by atoms with E-state index in [4.69, 9.17) is 4.42 Å². The van der Waals surface area contributed by atoms with E-state index in [-0.39, 0.29) is 5.76 Å². The summed E-state index contributed by atoms with van der Waals surface area (Å²) >= 11 is 1.76. The molecule has 0 aromatic carbocycles. The van der Waals surface area contributed by atoms with Crippen LogP contribution in [0.3, 0.4) is 0 Å². The standard InChI is InChI=1S/C16H21NO3S/c1-4-12(2)17(11-14-6-5-9-21-14)10-13-7-8-15(20-13)16(18)19-3/h5-9,12H,4,10-11H2,1-3H3. The summed E-state index contributed by atoms with van der Waals surface area (Å²) < 4.78 is 10.2. The molecule has 21 heavy (non-hydrogen) atoms. The minimum absolute atomic E-state index is 0.257. The van der Waals surface area contributed by atoms with Crippen LogP contribution in [0.2, 0.25) is 0 Å². The number of hydrogen-bond acceptors (Lipinski definition) is 5. The van der Waals surface area contributed by atoms with Crippen LogP contribution in [0.1, 0.15) is 41.5 Å². The van der Waals surface area contributed by atoms with Crippen molar-refractivity contribution in [2.75, 3.05) is 7.11 Å². The first-order valence-corrected chi connectivity index (χ1v) is 7.95. The highest BCUT2D eigenvalue weighted by Crippen LogP contribution is 2.19. The van der Waals surface area contributed by atoms with Gasteiger partial charge in [-0.25, -0.2) is 4.79 Å². The van der Waals surface area contributed by atoms with Gasteiger partial charge in [-0.1, -0.05) is 13.0 Å². The monoisotopic (exact) mass is 307 g/mol. The molecule has 0 saturated heterocycles. The van der Waals surface area contributed by atoms with Gasteiger partial charge in [0.2, 0.25) is 5.76 Å². The average molecular weight is 307 g/mol. The summed E-state index contributed by atoms with van der Waals surface area (Å²) in [6.45, 7) is 5.96. The van der Waals surface area contributed by atoms with E-state index in [0.717, 1.165) is 18.7 Å². The molecule has 2 heterocycles. The van der Waals surface area contributed by atoms with Crippen LogP contribution in [0.15, 0.2) is 34.1 Å². The van der Waals surface area contributed by atoms with Gasteiger partial charge in [0.05, 0.1) is 13.7 Å². The van der Waals surface area contributed by atoms with Crippen molar-refractivity contribution in [1.82, 2.24) is 4.90 Å². The Morgan fingerprint density at radius 1 is 1.38 bits per heavy atom. The van der Waals surface area contributed by atoms with Crippen molar-refractivity contribution >= 4 is 17.3 Å². The van der Waals surface area contributed by atoms with Crippen LogP contribution >= 0.6 is 11.3 Å². The van der Waals surface area contributed by atoms with Crippen LogP contribution in [0.25, 0.3) is 0 Å². The number of ether oxygens (including phenoxy) is 1. The number of thiophene rings is 1. The fraction of sp³-hybridized carbons (Fsp3) is 0.438. The Bertz CT molecular complexity index is 562. The molecule has 2 aromatic rings. The summed E-state index contributed by atoms with van der Waals surface area (Å²) in [5.74, 6) is 0.606. The van der Waals surface area contributed by atoms with E-state index >= 15 is 0 Å². The average Bonchev–Trinajstić information content (AvgIpc) is 3.16. The number of hydrogen-bond donors (Lipinski definition) is 0.